The third kappa shape index (κ3) is 11.4. The molecule has 0 atom stereocenters. The second-order valence-electron chi connectivity index (χ2n) is 5.29. The van der Waals surface area contributed by atoms with Crippen molar-refractivity contribution in [1.82, 2.24) is 5.32 Å². The molecule has 3 N–H and O–H groups in total. The molecule has 106 valence electrons. The lowest BCUT2D eigenvalue weighted by Crippen LogP contribution is -2.29. The van der Waals surface area contributed by atoms with E-state index in [0.717, 1.165) is 19.3 Å². The van der Waals surface area contributed by atoms with Gasteiger partial charge >= 0.3 is 5.97 Å². The first-order valence-corrected chi connectivity index (χ1v) is 6.54. The standard InChI is InChI=1S/C13H26N2O3/c1-13(2,3)18-12(17)8-10-15-11(16)7-5-4-6-9-14/h4-10,14H2,1-3H3,(H,15,16). The van der Waals surface area contributed by atoms with Gasteiger partial charge < -0.3 is 15.8 Å². The Balaban J connectivity index is 3.53. The highest BCUT2D eigenvalue weighted by Crippen LogP contribution is 2.07. The molecule has 0 aromatic carbocycles. The lowest BCUT2D eigenvalue weighted by molar-refractivity contribution is -0.154. The molecule has 0 rings (SSSR count). The number of hydrogen-bond donors (Lipinski definition) is 2. The minimum absolute atomic E-state index is 0.0180. The molecule has 0 aliphatic carbocycles. The summed E-state index contributed by atoms with van der Waals surface area (Å²) >= 11 is 0. The summed E-state index contributed by atoms with van der Waals surface area (Å²) in [5, 5.41) is 2.71. The second kappa shape index (κ2) is 8.91. The fraction of sp³-hybridized carbons (Fsp3) is 0.846. The molecule has 0 aromatic rings. The fourth-order valence-corrected chi connectivity index (χ4v) is 1.39. The van der Waals surface area contributed by atoms with Crippen LogP contribution in [-0.4, -0.2) is 30.6 Å². The average Bonchev–Trinajstić information content (AvgIpc) is 2.22. The Morgan fingerprint density at radius 1 is 1.11 bits per heavy atom. The SMILES string of the molecule is CC(C)(C)OC(=O)CCNC(=O)CCCCCN. The number of nitrogens with two attached hydrogens (primary N) is 1. The summed E-state index contributed by atoms with van der Waals surface area (Å²) in [6, 6.07) is 0. The summed E-state index contributed by atoms with van der Waals surface area (Å²) in [6.07, 6.45) is 3.47. The molecular formula is C13H26N2O3. The molecule has 0 bridgehead atoms. The van der Waals surface area contributed by atoms with Gasteiger partial charge in [-0.25, -0.2) is 0 Å². The van der Waals surface area contributed by atoms with E-state index in [2.05, 4.69) is 5.32 Å². The molecule has 0 radical (unpaired) electrons. The van der Waals surface area contributed by atoms with Crippen LogP contribution in [0.4, 0.5) is 0 Å². The molecule has 0 aliphatic rings. The van der Waals surface area contributed by atoms with Gasteiger partial charge in [-0.2, -0.15) is 0 Å². The zero-order valence-corrected chi connectivity index (χ0v) is 11.8. The third-order valence-corrected chi connectivity index (χ3v) is 2.18. The molecule has 0 heterocycles. The first-order chi connectivity index (χ1) is 8.35. The number of nitrogens with one attached hydrogen (secondary N) is 1. The Hall–Kier alpha value is -1.10. The molecule has 0 unspecified atom stereocenters. The first kappa shape index (κ1) is 16.9. The van der Waals surface area contributed by atoms with Crippen LogP contribution in [0.3, 0.4) is 0 Å². The summed E-state index contributed by atoms with van der Waals surface area (Å²) in [4.78, 5) is 22.7. The van der Waals surface area contributed by atoms with Crippen LogP contribution in [0, 0.1) is 0 Å². The van der Waals surface area contributed by atoms with Crippen LogP contribution >= 0.6 is 0 Å². The minimum Gasteiger partial charge on any atom is -0.460 e. The lowest BCUT2D eigenvalue weighted by atomic mass is 10.2. The van der Waals surface area contributed by atoms with E-state index in [1.807, 2.05) is 20.8 Å². The van der Waals surface area contributed by atoms with Crippen molar-refractivity contribution in [3.05, 3.63) is 0 Å². The summed E-state index contributed by atoms with van der Waals surface area (Å²) in [5.41, 5.74) is 4.89. The van der Waals surface area contributed by atoms with Gasteiger partial charge in [0, 0.05) is 13.0 Å². The van der Waals surface area contributed by atoms with Crippen LogP contribution in [-0.2, 0) is 14.3 Å². The highest BCUT2D eigenvalue weighted by atomic mass is 16.6. The van der Waals surface area contributed by atoms with Crippen LogP contribution in [0.5, 0.6) is 0 Å². The quantitative estimate of drug-likeness (QED) is 0.508. The number of carbonyl (C=O) groups is 2. The zero-order chi connectivity index (χ0) is 14.0. The average molecular weight is 258 g/mol. The Morgan fingerprint density at radius 3 is 2.33 bits per heavy atom. The van der Waals surface area contributed by atoms with Crippen molar-refractivity contribution in [3.8, 4) is 0 Å². The van der Waals surface area contributed by atoms with Crippen molar-refractivity contribution in [2.45, 2.75) is 58.5 Å². The van der Waals surface area contributed by atoms with Gasteiger partial charge in [-0.15, -0.1) is 0 Å². The van der Waals surface area contributed by atoms with Gasteiger partial charge in [0.15, 0.2) is 0 Å². The number of ether oxygens (including phenoxy) is 1. The highest BCUT2D eigenvalue weighted by molar-refractivity contribution is 5.77. The van der Waals surface area contributed by atoms with Crippen LogP contribution < -0.4 is 11.1 Å². The smallest absolute Gasteiger partial charge is 0.308 e. The predicted molar refractivity (Wildman–Crippen MR) is 71.0 cm³/mol. The minimum atomic E-state index is -0.469. The normalized spacial score (nSPS) is 11.1. The van der Waals surface area contributed by atoms with Crippen molar-refractivity contribution < 1.29 is 14.3 Å². The Kier molecular flexibility index (Phi) is 8.37. The van der Waals surface area contributed by atoms with Crippen molar-refractivity contribution in [2.75, 3.05) is 13.1 Å². The van der Waals surface area contributed by atoms with Crippen LogP contribution in [0.1, 0.15) is 52.9 Å². The summed E-state index contributed by atoms with van der Waals surface area (Å²) in [5.74, 6) is -0.304. The Morgan fingerprint density at radius 2 is 1.78 bits per heavy atom. The molecule has 5 heteroatoms. The van der Waals surface area contributed by atoms with E-state index in [9.17, 15) is 9.59 Å². The molecule has 18 heavy (non-hydrogen) atoms. The van der Waals surface area contributed by atoms with Crippen LogP contribution in [0.2, 0.25) is 0 Å². The van der Waals surface area contributed by atoms with Gasteiger partial charge in [0.25, 0.3) is 0 Å². The summed E-state index contributed by atoms with van der Waals surface area (Å²) in [7, 11) is 0. The summed E-state index contributed by atoms with van der Waals surface area (Å²) < 4.78 is 5.13. The molecule has 0 aromatic heterocycles. The molecule has 0 saturated carbocycles. The van der Waals surface area contributed by atoms with Crippen molar-refractivity contribution in [3.63, 3.8) is 0 Å². The topological polar surface area (TPSA) is 81.4 Å². The molecule has 0 fully saturated rings. The number of rotatable bonds is 8. The van der Waals surface area contributed by atoms with Crippen molar-refractivity contribution in [1.29, 1.82) is 0 Å². The number of hydrogen-bond acceptors (Lipinski definition) is 4. The lowest BCUT2D eigenvalue weighted by Gasteiger charge is -2.19. The molecule has 1 amide bonds. The number of carbonyl (C=O) groups excluding carboxylic acids is 2. The van der Waals surface area contributed by atoms with Crippen LogP contribution in [0.25, 0.3) is 0 Å². The number of esters is 1. The Bertz CT molecular complexity index is 259. The van der Waals surface area contributed by atoms with E-state index in [1.54, 1.807) is 0 Å². The van der Waals surface area contributed by atoms with Gasteiger partial charge in [0.1, 0.15) is 5.60 Å². The molecule has 0 spiro atoms. The van der Waals surface area contributed by atoms with Gasteiger partial charge in [0.05, 0.1) is 6.42 Å². The highest BCUT2D eigenvalue weighted by Gasteiger charge is 2.15. The van der Waals surface area contributed by atoms with Gasteiger partial charge in [0.2, 0.25) is 5.91 Å². The fourth-order valence-electron chi connectivity index (χ4n) is 1.39. The molecule has 0 aliphatic heterocycles. The number of unbranched alkanes of at least 4 members (excludes halogenated alkanes) is 2. The first-order valence-electron chi connectivity index (χ1n) is 6.54. The largest absolute Gasteiger partial charge is 0.460 e. The van der Waals surface area contributed by atoms with Crippen LogP contribution in [0.15, 0.2) is 0 Å². The maximum Gasteiger partial charge on any atom is 0.308 e. The third-order valence-electron chi connectivity index (χ3n) is 2.18. The maximum absolute atomic E-state index is 11.4. The molecule has 0 saturated heterocycles. The summed E-state index contributed by atoms with van der Waals surface area (Å²) in [6.45, 7) is 6.47. The maximum atomic E-state index is 11.4. The van der Waals surface area contributed by atoms with E-state index in [4.69, 9.17) is 10.5 Å². The van der Waals surface area contributed by atoms with E-state index in [-0.39, 0.29) is 18.3 Å². The monoisotopic (exact) mass is 258 g/mol. The van der Waals surface area contributed by atoms with Gasteiger partial charge in [-0.1, -0.05) is 6.42 Å². The zero-order valence-electron chi connectivity index (χ0n) is 11.8. The van der Waals surface area contributed by atoms with E-state index < -0.39 is 5.60 Å². The van der Waals surface area contributed by atoms with Gasteiger partial charge in [-0.3, -0.25) is 9.59 Å². The van der Waals surface area contributed by atoms with E-state index in [1.165, 1.54) is 0 Å². The van der Waals surface area contributed by atoms with E-state index >= 15 is 0 Å². The molecule has 5 nitrogen and oxygen atoms in total. The van der Waals surface area contributed by atoms with E-state index in [0.29, 0.717) is 19.5 Å². The molecular weight excluding hydrogens is 232 g/mol. The Labute approximate surface area is 109 Å². The van der Waals surface area contributed by atoms with Gasteiger partial charge in [-0.05, 0) is 40.2 Å². The second-order valence-corrected chi connectivity index (χ2v) is 5.29. The van der Waals surface area contributed by atoms with Crippen molar-refractivity contribution in [2.24, 2.45) is 5.73 Å². The van der Waals surface area contributed by atoms with Crippen molar-refractivity contribution >= 4 is 11.9 Å². The predicted octanol–water partition coefficient (Wildman–Crippen LogP) is 1.35. The number of amides is 1.